The number of rotatable bonds is 6. The Labute approximate surface area is 141 Å². The van der Waals surface area contributed by atoms with Gasteiger partial charge in [-0.15, -0.1) is 0 Å². The fourth-order valence-corrected chi connectivity index (χ4v) is 2.55. The summed E-state index contributed by atoms with van der Waals surface area (Å²) in [6, 6.07) is 9.96. The molecule has 0 fully saturated rings. The lowest BCUT2D eigenvalue weighted by molar-refractivity contribution is 0.0952. The lowest BCUT2D eigenvalue weighted by atomic mass is 10.2. The quantitative estimate of drug-likeness (QED) is 0.709. The van der Waals surface area contributed by atoms with Gasteiger partial charge in [0.05, 0.1) is 23.1 Å². The van der Waals surface area contributed by atoms with Crippen molar-refractivity contribution in [2.75, 3.05) is 6.54 Å². The molecule has 24 heavy (non-hydrogen) atoms. The van der Waals surface area contributed by atoms with Crippen LogP contribution in [0.4, 0.5) is 0 Å². The summed E-state index contributed by atoms with van der Waals surface area (Å²) >= 11 is 0. The van der Waals surface area contributed by atoms with Crippen LogP contribution in [0.5, 0.6) is 0 Å². The van der Waals surface area contributed by atoms with Crippen LogP contribution in [0.15, 0.2) is 48.9 Å². The van der Waals surface area contributed by atoms with Crippen molar-refractivity contribution in [3.63, 3.8) is 0 Å². The first-order valence-electron chi connectivity index (χ1n) is 8.02. The molecule has 3 aromatic rings. The van der Waals surface area contributed by atoms with E-state index in [1.165, 1.54) is 5.56 Å². The summed E-state index contributed by atoms with van der Waals surface area (Å²) in [5, 5.41) is 11.4. The molecule has 0 unspecified atom stereocenters. The summed E-state index contributed by atoms with van der Waals surface area (Å²) in [6.07, 6.45) is 6.12. The molecule has 0 saturated carbocycles. The van der Waals surface area contributed by atoms with Crippen LogP contribution < -0.4 is 5.32 Å². The molecule has 0 saturated heterocycles. The Kier molecular flexibility index (Phi) is 4.74. The molecule has 2 heterocycles. The average molecular weight is 323 g/mol. The SMILES string of the molecule is Cc1ccc(-n2ncc(C(=O)NCCCn3cccn3)c2C)cc1. The summed E-state index contributed by atoms with van der Waals surface area (Å²) < 4.78 is 3.64. The van der Waals surface area contributed by atoms with Gasteiger partial charge in [-0.25, -0.2) is 4.68 Å². The number of carbonyl (C=O) groups excluding carboxylic acids is 1. The van der Waals surface area contributed by atoms with E-state index < -0.39 is 0 Å². The highest BCUT2D eigenvalue weighted by atomic mass is 16.1. The maximum atomic E-state index is 12.3. The van der Waals surface area contributed by atoms with Crippen molar-refractivity contribution < 1.29 is 4.79 Å². The first-order valence-corrected chi connectivity index (χ1v) is 8.02. The van der Waals surface area contributed by atoms with Crippen LogP contribution in [0, 0.1) is 13.8 Å². The van der Waals surface area contributed by atoms with Crippen molar-refractivity contribution in [2.24, 2.45) is 0 Å². The number of aryl methyl sites for hydroxylation is 2. The molecule has 0 aliphatic rings. The van der Waals surface area contributed by atoms with Crippen molar-refractivity contribution in [3.05, 3.63) is 65.7 Å². The molecule has 1 amide bonds. The average Bonchev–Trinajstić information content (AvgIpc) is 3.22. The molecule has 124 valence electrons. The lowest BCUT2D eigenvalue weighted by Gasteiger charge is -2.07. The second-order valence-corrected chi connectivity index (χ2v) is 5.77. The Morgan fingerprint density at radius 1 is 1.17 bits per heavy atom. The Morgan fingerprint density at radius 2 is 1.96 bits per heavy atom. The van der Waals surface area contributed by atoms with E-state index in [1.807, 2.05) is 55.1 Å². The number of aromatic nitrogens is 4. The number of carbonyl (C=O) groups is 1. The molecule has 0 aliphatic heterocycles. The maximum absolute atomic E-state index is 12.3. The van der Waals surface area contributed by atoms with Crippen molar-refractivity contribution in [2.45, 2.75) is 26.8 Å². The number of hydrogen-bond acceptors (Lipinski definition) is 3. The number of amides is 1. The molecular weight excluding hydrogens is 302 g/mol. The molecule has 0 aliphatic carbocycles. The lowest BCUT2D eigenvalue weighted by Crippen LogP contribution is -2.25. The molecule has 0 radical (unpaired) electrons. The predicted octanol–water partition coefficient (Wildman–Crippen LogP) is 2.51. The topological polar surface area (TPSA) is 64.7 Å². The van der Waals surface area contributed by atoms with Crippen LogP contribution in [0.3, 0.4) is 0 Å². The second-order valence-electron chi connectivity index (χ2n) is 5.77. The molecule has 6 nitrogen and oxygen atoms in total. The smallest absolute Gasteiger partial charge is 0.254 e. The van der Waals surface area contributed by atoms with E-state index in [0.29, 0.717) is 12.1 Å². The monoisotopic (exact) mass is 323 g/mol. The van der Waals surface area contributed by atoms with Gasteiger partial charge in [0, 0.05) is 25.5 Å². The fraction of sp³-hybridized carbons (Fsp3) is 0.278. The maximum Gasteiger partial charge on any atom is 0.254 e. The van der Waals surface area contributed by atoms with Gasteiger partial charge >= 0.3 is 0 Å². The Bertz CT molecular complexity index is 803. The van der Waals surface area contributed by atoms with Gasteiger partial charge < -0.3 is 5.32 Å². The molecule has 1 aromatic carbocycles. The normalized spacial score (nSPS) is 10.8. The van der Waals surface area contributed by atoms with Gasteiger partial charge in [-0.2, -0.15) is 10.2 Å². The van der Waals surface area contributed by atoms with Gasteiger partial charge in [-0.3, -0.25) is 9.48 Å². The molecule has 0 atom stereocenters. The Morgan fingerprint density at radius 3 is 2.67 bits per heavy atom. The van der Waals surface area contributed by atoms with E-state index in [1.54, 1.807) is 17.1 Å². The largest absolute Gasteiger partial charge is 0.352 e. The van der Waals surface area contributed by atoms with E-state index in [-0.39, 0.29) is 5.91 Å². The third-order valence-electron chi connectivity index (χ3n) is 3.94. The van der Waals surface area contributed by atoms with Crippen LogP contribution in [0.25, 0.3) is 5.69 Å². The highest BCUT2D eigenvalue weighted by Gasteiger charge is 2.14. The summed E-state index contributed by atoms with van der Waals surface area (Å²) in [5.41, 5.74) is 3.59. The molecule has 2 aromatic heterocycles. The highest BCUT2D eigenvalue weighted by molar-refractivity contribution is 5.95. The first-order chi connectivity index (χ1) is 11.6. The van der Waals surface area contributed by atoms with E-state index in [2.05, 4.69) is 15.5 Å². The van der Waals surface area contributed by atoms with Crippen LogP contribution in [-0.4, -0.2) is 32.0 Å². The van der Waals surface area contributed by atoms with Crippen LogP contribution >= 0.6 is 0 Å². The van der Waals surface area contributed by atoms with E-state index in [0.717, 1.165) is 24.3 Å². The molecule has 3 rings (SSSR count). The van der Waals surface area contributed by atoms with Gasteiger partial charge in [-0.1, -0.05) is 17.7 Å². The zero-order valence-corrected chi connectivity index (χ0v) is 13.9. The third kappa shape index (κ3) is 3.53. The minimum absolute atomic E-state index is 0.0914. The van der Waals surface area contributed by atoms with Gasteiger partial charge in [0.1, 0.15) is 0 Å². The van der Waals surface area contributed by atoms with Crippen molar-refractivity contribution in [3.8, 4) is 5.69 Å². The van der Waals surface area contributed by atoms with Crippen LogP contribution in [0.2, 0.25) is 0 Å². The van der Waals surface area contributed by atoms with Crippen LogP contribution in [0.1, 0.15) is 28.0 Å². The third-order valence-corrected chi connectivity index (χ3v) is 3.94. The van der Waals surface area contributed by atoms with E-state index >= 15 is 0 Å². The summed E-state index contributed by atoms with van der Waals surface area (Å²) in [5.74, 6) is -0.0914. The van der Waals surface area contributed by atoms with Crippen LogP contribution in [-0.2, 0) is 6.54 Å². The zero-order valence-electron chi connectivity index (χ0n) is 13.9. The highest BCUT2D eigenvalue weighted by Crippen LogP contribution is 2.14. The molecule has 0 bridgehead atoms. The zero-order chi connectivity index (χ0) is 16.9. The minimum atomic E-state index is -0.0914. The Balaban J connectivity index is 1.60. The standard InChI is InChI=1S/C18H21N5O/c1-14-5-7-16(8-6-14)23-15(2)17(13-21-23)18(24)19-9-3-11-22-12-4-10-20-22/h4-8,10,12-13H,3,9,11H2,1-2H3,(H,19,24). The predicted molar refractivity (Wildman–Crippen MR) is 92.2 cm³/mol. The molecule has 1 N–H and O–H groups in total. The van der Waals surface area contributed by atoms with E-state index in [9.17, 15) is 4.79 Å². The molecular formula is C18H21N5O. The van der Waals surface area contributed by atoms with E-state index in [4.69, 9.17) is 0 Å². The van der Waals surface area contributed by atoms with Gasteiger partial charge in [0.15, 0.2) is 0 Å². The second kappa shape index (κ2) is 7.12. The summed E-state index contributed by atoms with van der Waals surface area (Å²) in [7, 11) is 0. The molecule has 0 spiro atoms. The minimum Gasteiger partial charge on any atom is -0.352 e. The number of hydrogen-bond donors (Lipinski definition) is 1. The summed E-state index contributed by atoms with van der Waals surface area (Å²) in [6.45, 7) is 5.34. The number of nitrogens with one attached hydrogen (secondary N) is 1. The van der Waals surface area contributed by atoms with Gasteiger partial charge in [0.2, 0.25) is 0 Å². The van der Waals surface area contributed by atoms with Crippen molar-refractivity contribution >= 4 is 5.91 Å². The Hall–Kier alpha value is -2.89. The number of nitrogens with zero attached hydrogens (tertiary/aromatic N) is 4. The van der Waals surface area contributed by atoms with Gasteiger partial charge in [0.25, 0.3) is 5.91 Å². The first kappa shape index (κ1) is 16.0. The fourth-order valence-electron chi connectivity index (χ4n) is 2.55. The van der Waals surface area contributed by atoms with Crippen molar-refractivity contribution in [1.82, 2.24) is 24.9 Å². The van der Waals surface area contributed by atoms with Crippen molar-refractivity contribution in [1.29, 1.82) is 0 Å². The molecule has 6 heteroatoms. The van der Waals surface area contributed by atoms with Gasteiger partial charge in [-0.05, 0) is 38.5 Å². The number of benzene rings is 1. The summed E-state index contributed by atoms with van der Waals surface area (Å²) in [4.78, 5) is 12.3.